The summed E-state index contributed by atoms with van der Waals surface area (Å²) in [7, 11) is 0. The van der Waals surface area contributed by atoms with Gasteiger partial charge in [0, 0.05) is 0 Å². The van der Waals surface area contributed by atoms with Crippen LogP contribution in [0.4, 0.5) is 0 Å². The molecule has 36 heavy (non-hydrogen) atoms. The molecule has 0 heterocycles. The third-order valence-corrected chi connectivity index (χ3v) is 0. The van der Waals surface area contributed by atoms with E-state index < -0.39 is 0 Å². The molecule has 0 saturated carbocycles. The Bertz CT molecular complexity index is 88.0. The van der Waals surface area contributed by atoms with E-state index in [0.29, 0.717) is 0 Å². The van der Waals surface area contributed by atoms with Gasteiger partial charge in [-0.15, -0.1) is 72.7 Å². The largest absolute Gasteiger partial charge is 5.00 e. The second kappa shape index (κ2) is 285. The van der Waals surface area contributed by atoms with Gasteiger partial charge in [-0.1, -0.05) is 76.2 Å². The molecule has 0 aliphatic heterocycles. The number of hydrogen-bond acceptors (Lipinski definition) is 11. The Morgan fingerprint density at radius 3 is 0.250 bits per heavy atom. The molecule has 0 amide bonds. The SMILES string of the molecule is CC[O-].CC[O-].CC[O-].CC[O-].CC[O-].CC[O-].CC[O-].CC[O-].CC[O-].CC[O-].CC[O-].[Mg+2].[Ta+5].[Zr+4]. The second-order valence-corrected chi connectivity index (χ2v) is 3.18. The fourth-order valence-corrected chi connectivity index (χ4v) is 0. The molecule has 0 aliphatic carbocycles. The van der Waals surface area contributed by atoms with Gasteiger partial charge in [-0.2, -0.15) is 0 Å². The van der Waals surface area contributed by atoms with Gasteiger partial charge >= 0.3 is 71.6 Å². The molecule has 14 heteroatoms. The third kappa shape index (κ3) is 11600. The topological polar surface area (TPSA) is 254 Å². The summed E-state index contributed by atoms with van der Waals surface area (Å²) >= 11 is 0. The summed E-state index contributed by atoms with van der Waals surface area (Å²) in [6.07, 6.45) is 0. The maximum atomic E-state index is 8.93. The van der Waals surface area contributed by atoms with Gasteiger partial charge in [-0.05, 0) is 0 Å². The Kier molecular flexibility index (Phi) is 715. The number of rotatable bonds is 0. The maximum Gasteiger partial charge on any atom is 5.00 e. The first-order valence-electron chi connectivity index (χ1n) is 11.0. The fourth-order valence-electron chi connectivity index (χ4n) is 0. The van der Waals surface area contributed by atoms with Crippen molar-refractivity contribution >= 4 is 23.1 Å². The molecule has 0 spiro atoms. The van der Waals surface area contributed by atoms with Crippen LogP contribution in [-0.4, -0.2) is 95.7 Å². The normalized spacial score (nSPS) is 5.50. The van der Waals surface area contributed by atoms with Crippen LogP contribution in [0.25, 0.3) is 0 Å². The maximum absolute atomic E-state index is 8.93. The van der Waals surface area contributed by atoms with Crippen molar-refractivity contribution in [1.82, 2.24) is 0 Å². The molecule has 0 aromatic heterocycles. The van der Waals surface area contributed by atoms with Crippen LogP contribution in [-0.2, 0) is 48.6 Å². The van der Waals surface area contributed by atoms with Crippen molar-refractivity contribution in [1.29, 1.82) is 0 Å². The quantitative estimate of drug-likeness (QED) is 0.208. The van der Waals surface area contributed by atoms with Gasteiger partial charge in [0.25, 0.3) is 0 Å². The Labute approximate surface area is 274 Å². The van der Waals surface area contributed by atoms with Gasteiger partial charge in [-0.3, -0.25) is 0 Å². The van der Waals surface area contributed by atoms with Crippen LogP contribution in [0.5, 0.6) is 0 Å². The standard InChI is InChI=1S/11C2H5O.Mg.Ta.Zr/c11*1-2-3;;;/h11*2H2,1H3;;;/q11*-1;+2;+5;+4. The molecule has 11 nitrogen and oxygen atoms in total. The molecule has 0 radical (unpaired) electrons. The Balaban J connectivity index is -0.0000000122. The molecule has 0 aromatic rings. The predicted octanol–water partition coefficient (Wildman–Crippen LogP) is -7.35. The molecule has 0 bridgehead atoms. The van der Waals surface area contributed by atoms with E-state index in [1.807, 2.05) is 0 Å². The summed E-state index contributed by atoms with van der Waals surface area (Å²) in [4.78, 5) is 0. The van der Waals surface area contributed by atoms with Crippen molar-refractivity contribution in [2.45, 2.75) is 76.2 Å². The van der Waals surface area contributed by atoms with Crippen molar-refractivity contribution in [2.75, 3.05) is 72.7 Å². The van der Waals surface area contributed by atoms with E-state index in [1.54, 1.807) is 76.2 Å². The molecule has 0 aromatic carbocycles. The fraction of sp³-hybridized carbons (Fsp3) is 1.00. The molecule has 0 aliphatic rings. The molecule has 0 rings (SSSR count). The Morgan fingerprint density at radius 1 is 0.250 bits per heavy atom. The van der Waals surface area contributed by atoms with Crippen molar-refractivity contribution < 1.29 is 105 Å². The van der Waals surface area contributed by atoms with Crippen LogP contribution in [0.3, 0.4) is 0 Å². The first kappa shape index (κ1) is 90.3. The monoisotopic (exact) mass is 790 g/mol. The van der Waals surface area contributed by atoms with Crippen molar-refractivity contribution in [3.63, 3.8) is 0 Å². The zero-order valence-electron chi connectivity index (χ0n) is 24.9. The molecular formula is C22H55MgO11TaZr. The van der Waals surface area contributed by atoms with E-state index in [-0.39, 0.29) is 144 Å². The Hall–Kier alpha value is 1.95. The summed E-state index contributed by atoms with van der Waals surface area (Å²) in [5.74, 6) is 0. The number of hydrogen-bond donors (Lipinski definition) is 0. The van der Waals surface area contributed by atoms with Gasteiger partial charge in [0.1, 0.15) is 0 Å². The van der Waals surface area contributed by atoms with Crippen molar-refractivity contribution in [3.05, 3.63) is 0 Å². The van der Waals surface area contributed by atoms with Crippen molar-refractivity contribution in [2.24, 2.45) is 0 Å². The predicted molar refractivity (Wildman–Crippen MR) is 122 cm³/mol. The summed E-state index contributed by atoms with van der Waals surface area (Å²) in [5, 5.41) is 98.2. The molecule has 220 valence electrons. The van der Waals surface area contributed by atoms with Gasteiger partial charge in [0.2, 0.25) is 0 Å². The van der Waals surface area contributed by atoms with Crippen LogP contribution in [0.2, 0.25) is 0 Å². The van der Waals surface area contributed by atoms with Gasteiger partial charge in [0.15, 0.2) is 0 Å². The van der Waals surface area contributed by atoms with E-state index in [9.17, 15) is 0 Å². The zero-order chi connectivity index (χ0) is 29.8. The first-order valence-corrected chi connectivity index (χ1v) is 11.0. The van der Waals surface area contributed by atoms with Gasteiger partial charge in [0.05, 0.1) is 0 Å². The van der Waals surface area contributed by atoms with E-state index in [0.717, 1.165) is 0 Å². The van der Waals surface area contributed by atoms with Crippen LogP contribution < -0.4 is 56.2 Å². The second-order valence-electron chi connectivity index (χ2n) is 3.18. The summed E-state index contributed by atoms with van der Waals surface area (Å²) in [6, 6.07) is 0. The molecular weight excluding hydrogens is 737 g/mol. The zero-order valence-corrected chi connectivity index (χ0v) is 32.0. The van der Waals surface area contributed by atoms with Crippen LogP contribution in [0, 0.1) is 0 Å². The van der Waals surface area contributed by atoms with E-state index >= 15 is 0 Å². The third-order valence-electron chi connectivity index (χ3n) is 0. The molecule has 0 unspecified atom stereocenters. The van der Waals surface area contributed by atoms with E-state index in [2.05, 4.69) is 0 Å². The van der Waals surface area contributed by atoms with E-state index in [1.165, 1.54) is 0 Å². The minimum atomic E-state index is 0. The molecule has 0 fully saturated rings. The first-order chi connectivity index (χ1) is 15.6. The molecule has 0 N–H and O–H groups in total. The van der Waals surface area contributed by atoms with Crippen LogP contribution in [0.15, 0.2) is 0 Å². The average Bonchev–Trinajstić information content (AvgIpc) is 2.68. The van der Waals surface area contributed by atoms with Gasteiger partial charge < -0.3 is 56.2 Å². The van der Waals surface area contributed by atoms with Crippen molar-refractivity contribution in [3.8, 4) is 0 Å². The van der Waals surface area contributed by atoms with Crippen LogP contribution in [0.1, 0.15) is 76.2 Å². The minimum absolute atomic E-state index is 0. The smallest absolute Gasteiger partial charge is 0.855 e. The van der Waals surface area contributed by atoms with E-state index in [4.69, 9.17) is 56.2 Å². The summed E-state index contributed by atoms with van der Waals surface area (Å²) in [6.45, 7) is 17.3. The van der Waals surface area contributed by atoms with Gasteiger partial charge in [-0.25, -0.2) is 0 Å². The minimum Gasteiger partial charge on any atom is -0.855 e. The summed E-state index contributed by atoms with van der Waals surface area (Å²) < 4.78 is 0. The van der Waals surface area contributed by atoms with Crippen LogP contribution >= 0.6 is 0 Å². The molecule has 0 atom stereocenters. The Morgan fingerprint density at radius 2 is 0.250 bits per heavy atom. The molecule has 0 saturated heterocycles. The average molecular weight is 792 g/mol. The summed E-state index contributed by atoms with van der Waals surface area (Å²) in [5.41, 5.74) is 0.